The Bertz CT molecular complexity index is 823. The Morgan fingerprint density at radius 3 is 2.24 bits per heavy atom. The van der Waals surface area contributed by atoms with Gasteiger partial charge in [0.25, 0.3) is 5.91 Å². The second-order valence-electron chi connectivity index (χ2n) is 7.59. The molecule has 0 spiro atoms. The first kappa shape index (κ1) is 19.2. The molecular weight excluding hydrogens is 366 g/mol. The summed E-state index contributed by atoms with van der Waals surface area (Å²) >= 11 is 0. The van der Waals surface area contributed by atoms with Gasteiger partial charge in [0.2, 0.25) is 6.41 Å². The number of anilines is 3. The Morgan fingerprint density at radius 2 is 1.62 bits per heavy atom. The zero-order chi connectivity index (χ0) is 20.1. The largest absolute Gasteiger partial charge is 0.372 e. The van der Waals surface area contributed by atoms with E-state index in [2.05, 4.69) is 39.5 Å². The number of carbonyl (C=O) groups excluding carboxylic acids is 2. The lowest BCUT2D eigenvalue weighted by atomic mass is 10.1. The lowest BCUT2D eigenvalue weighted by Gasteiger charge is -2.32. The Morgan fingerprint density at radius 1 is 0.897 bits per heavy atom. The summed E-state index contributed by atoms with van der Waals surface area (Å²) in [7, 11) is 0. The summed E-state index contributed by atoms with van der Waals surface area (Å²) in [6, 6.07) is 12.0. The molecule has 0 saturated carbocycles. The van der Waals surface area contributed by atoms with Crippen LogP contribution in [-0.4, -0.2) is 66.4 Å². The van der Waals surface area contributed by atoms with Gasteiger partial charge in [-0.1, -0.05) is 0 Å². The van der Waals surface area contributed by atoms with Gasteiger partial charge in [-0.3, -0.25) is 9.59 Å². The summed E-state index contributed by atoms with van der Waals surface area (Å²) < 4.78 is 0. The van der Waals surface area contributed by atoms with Crippen molar-refractivity contribution in [2.75, 3.05) is 49.5 Å². The molecule has 7 heteroatoms. The number of carbonyl (C=O) groups is 2. The van der Waals surface area contributed by atoms with Crippen molar-refractivity contribution in [3.05, 3.63) is 48.2 Å². The van der Waals surface area contributed by atoms with E-state index in [-0.39, 0.29) is 5.91 Å². The van der Waals surface area contributed by atoms with Gasteiger partial charge in [0, 0.05) is 56.8 Å². The summed E-state index contributed by atoms with van der Waals surface area (Å²) in [6.45, 7) is 4.54. The molecule has 4 rings (SSSR count). The van der Waals surface area contributed by atoms with Crippen molar-refractivity contribution in [2.24, 2.45) is 0 Å². The van der Waals surface area contributed by atoms with Crippen molar-refractivity contribution >= 4 is 29.5 Å². The van der Waals surface area contributed by atoms with E-state index < -0.39 is 0 Å². The van der Waals surface area contributed by atoms with Crippen LogP contribution in [-0.2, 0) is 4.79 Å². The topological polar surface area (TPSA) is 68.8 Å². The van der Waals surface area contributed by atoms with E-state index in [1.807, 2.05) is 6.07 Å². The molecule has 2 fully saturated rings. The molecule has 0 radical (unpaired) electrons. The molecule has 3 heterocycles. The van der Waals surface area contributed by atoms with E-state index in [9.17, 15) is 9.59 Å². The zero-order valence-corrected chi connectivity index (χ0v) is 16.6. The van der Waals surface area contributed by atoms with Crippen LogP contribution in [0.1, 0.15) is 29.6 Å². The van der Waals surface area contributed by atoms with Crippen LogP contribution in [0.3, 0.4) is 0 Å². The fourth-order valence-corrected chi connectivity index (χ4v) is 3.86. The first-order valence-corrected chi connectivity index (χ1v) is 10.3. The van der Waals surface area contributed by atoms with Gasteiger partial charge in [0.05, 0.1) is 5.56 Å². The zero-order valence-electron chi connectivity index (χ0n) is 16.6. The highest BCUT2D eigenvalue weighted by Gasteiger charge is 2.21. The Balaban J connectivity index is 1.34. The quantitative estimate of drug-likeness (QED) is 0.791. The molecule has 1 aromatic heterocycles. The lowest BCUT2D eigenvalue weighted by molar-refractivity contribution is -0.119. The number of amides is 2. The van der Waals surface area contributed by atoms with Gasteiger partial charge in [-0.25, -0.2) is 4.98 Å². The summed E-state index contributed by atoms with van der Waals surface area (Å²) in [5.41, 5.74) is 2.80. The Kier molecular flexibility index (Phi) is 5.93. The number of piperidine rings is 1. The van der Waals surface area contributed by atoms with Crippen LogP contribution < -0.4 is 10.2 Å². The molecule has 7 nitrogen and oxygen atoms in total. The number of aromatic nitrogens is 1. The van der Waals surface area contributed by atoms with Crippen LogP contribution in [0.5, 0.6) is 0 Å². The molecule has 29 heavy (non-hydrogen) atoms. The number of piperazine rings is 1. The van der Waals surface area contributed by atoms with Crippen molar-refractivity contribution in [2.45, 2.75) is 19.3 Å². The number of benzene rings is 1. The number of rotatable bonds is 5. The van der Waals surface area contributed by atoms with Crippen LogP contribution >= 0.6 is 0 Å². The lowest BCUT2D eigenvalue weighted by Crippen LogP contribution is -2.48. The van der Waals surface area contributed by atoms with Crippen LogP contribution in [0.25, 0.3) is 0 Å². The third-order valence-corrected chi connectivity index (χ3v) is 5.62. The molecule has 0 unspecified atom stereocenters. The molecule has 0 aliphatic carbocycles. The van der Waals surface area contributed by atoms with Crippen LogP contribution in [0.4, 0.5) is 17.2 Å². The molecule has 2 aliphatic heterocycles. The van der Waals surface area contributed by atoms with Crippen molar-refractivity contribution in [3.63, 3.8) is 0 Å². The van der Waals surface area contributed by atoms with Gasteiger partial charge >= 0.3 is 0 Å². The third-order valence-electron chi connectivity index (χ3n) is 5.62. The normalized spacial score (nSPS) is 17.2. The molecule has 0 atom stereocenters. The van der Waals surface area contributed by atoms with Crippen molar-refractivity contribution in [1.29, 1.82) is 0 Å². The maximum Gasteiger partial charge on any atom is 0.255 e. The summed E-state index contributed by atoms with van der Waals surface area (Å²) in [5, 5.41) is 3.29. The number of pyridine rings is 1. The van der Waals surface area contributed by atoms with Gasteiger partial charge in [0.15, 0.2) is 0 Å². The van der Waals surface area contributed by atoms with Gasteiger partial charge in [-0.05, 0) is 55.7 Å². The average molecular weight is 393 g/mol. The van der Waals surface area contributed by atoms with Crippen molar-refractivity contribution in [3.8, 4) is 0 Å². The second kappa shape index (κ2) is 8.94. The van der Waals surface area contributed by atoms with E-state index in [0.717, 1.165) is 25.2 Å². The molecule has 0 bridgehead atoms. The molecule has 2 amide bonds. The van der Waals surface area contributed by atoms with Gasteiger partial charge in [-0.2, -0.15) is 0 Å². The molecule has 1 aromatic carbocycles. The summed E-state index contributed by atoms with van der Waals surface area (Å²) in [5.74, 6) is 0.665. The highest BCUT2D eigenvalue weighted by Crippen LogP contribution is 2.23. The van der Waals surface area contributed by atoms with Gasteiger partial charge < -0.3 is 20.0 Å². The highest BCUT2D eigenvalue weighted by atomic mass is 16.2. The van der Waals surface area contributed by atoms with E-state index in [1.54, 1.807) is 22.1 Å². The monoisotopic (exact) mass is 393 g/mol. The molecule has 152 valence electrons. The first-order valence-electron chi connectivity index (χ1n) is 10.3. The van der Waals surface area contributed by atoms with Gasteiger partial charge in [0.1, 0.15) is 5.82 Å². The first-order chi connectivity index (χ1) is 14.2. The van der Waals surface area contributed by atoms with E-state index >= 15 is 0 Å². The minimum Gasteiger partial charge on any atom is -0.372 e. The van der Waals surface area contributed by atoms with Crippen molar-refractivity contribution < 1.29 is 9.59 Å². The predicted octanol–water partition coefficient (Wildman–Crippen LogP) is 2.73. The smallest absolute Gasteiger partial charge is 0.255 e. The van der Waals surface area contributed by atoms with E-state index in [0.29, 0.717) is 37.6 Å². The number of hydrogen-bond donors (Lipinski definition) is 1. The number of nitrogens with one attached hydrogen (secondary N) is 1. The third kappa shape index (κ3) is 4.67. The SMILES string of the molecule is O=CN1CCN(C(=O)c2ccc(Nc3ccc(N4CCCCC4)cc3)nc2)CC1. The van der Waals surface area contributed by atoms with E-state index in [1.165, 1.54) is 24.9 Å². The second-order valence-corrected chi connectivity index (χ2v) is 7.59. The average Bonchev–Trinajstić information content (AvgIpc) is 2.80. The fourth-order valence-electron chi connectivity index (χ4n) is 3.86. The maximum atomic E-state index is 12.6. The number of hydrogen-bond acceptors (Lipinski definition) is 5. The molecule has 2 saturated heterocycles. The predicted molar refractivity (Wildman–Crippen MR) is 114 cm³/mol. The number of nitrogens with zero attached hydrogens (tertiary/aromatic N) is 4. The molecule has 1 N–H and O–H groups in total. The maximum absolute atomic E-state index is 12.6. The molecular formula is C22H27N5O2. The van der Waals surface area contributed by atoms with Crippen molar-refractivity contribution in [1.82, 2.24) is 14.8 Å². The van der Waals surface area contributed by atoms with Crippen LogP contribution in [0.2, 0.25) is 0 Å². The fraction of sp³-hybridized carbons (Fsp3) is 0.409. The molecule has 2 aliphatic rings. The molecule has 2 aromatic rings. The van der Waals surface area contributed by atoms with Crippen LogP contribution in [0.15, 0.2) is 42.6 Å². The minimum absolute atomic E-state index is 0.0412. The minimum atomic E-state index is -0.0412. The summed E-state index contributed by atoms with van der Waals surface area (Å²) in [4.78, 5) is 33.7. The van der Waals surface area contributed by atoms with E-state index in [4.69, 9.17) is 0 Å². The Labute approximate surface area is 171 Å². The Hall–Kier alpha value is -3.09. The van der Waals surface area contributed by atoms with Gasteiger partial charge in [-0.15, -0.1) is 0 Å². The summed E-state index contributed by atoms with van der Waals surface area (Å²) in [6.07, 6.45) is 6.31. The highest BCUT2D eigenvalue weighted by molar-refractivity contribution is 5.94. The standard InChI is InChI=1S/C22H27N5O2/c28-17-25-12-14-27(15-13-25)22(29)18-4-9-21(23-16-18)24-19-5-7-20(8-6-19)26-10-2-1-3-11-26/h4-9,16-17H,1-3,10-15H2,(H,23,24). The van der Waals surface area contributed by atoms with Crippen LogP contribution in [0, 0.1) is 0 Å².